The van der Waals surface area contributed by atoms with E-state index in [0.717, 1.165) is 19.3 Å². The van der Waals surface area contributed by atoms with Gasteiger partial charge >= 0.3 is 0 Å². The Morgan fingerprint density at radius 2 is 2.00 bits per heavy atom. The molecular weight excluding hydrogens is 289 g/mol. The Bertz CT molecular complexity index is 474. The minimum absolute atomic E-state index is 0.200. The molecule has 1 aliphatic heterocycles. The topological polar surface area (TPSA) is 44.5 Å². The molecule has 1 aromatic carbocycles. The molecule has 17 heavy (non-hydrogen) atoms. The van der Waals surface area contributed by atoms with Gasteiger partial charge in [0.2, 0.25) is 0 Å². The molecule has 92 valence electrons. The molecule has 0 unspecified atom stereocenters. The lowest BCUT2D eigenvalue weighted by molar-refractivity contribution is 0.160. The van der Waals surface area contributed by atoms with Crippen LogP contribution in [0.4, 0.5) is 4.39 Å². The van der Waals surface area contributed by atoms with Gasteiger partial charge in [-0.1, -0.05) is 15.9 Å². The summed E-state index contributed by atoms with van der Waals surface area (Å²) in [6.45, 7) is 0.828. The van der Waals surface area contributed by atoms with Gasteiger partial charge in [0.05, 0.1) is 0 Å². The molecule has 0 bridgehead atoms. The fraction of sp³-hybridized carbons (Fsp3) is 0.500. The maximum Gasteiger partial charge on any atom is 0.197 e. The summed E-state index contributed by atoms with van der Waals surface area (Å²) in [4.78, 5) is 0. The molecule has 1 aromatic rings. The minimum Gasteiger partial charge on any atom is -0.486 e. The molecule has 2 aliphatic rings. The van der Waals surface area contributed by atoms with Crippen molar-refractivity contribution in [3.63, 3.8) is 0 Å². The van der Waals surface area contributed by atoms with E-state index in [1.54, 1.807) is 6.07 Å². The van der Waals surface area contributed by atoms with Crippen LogP contribution in [0.2, 0.25) is 0 Å². The van der Waals surface area contributed by atoms with Gasteiger partial charge in [-0.15, -0.1) is 0 Å². The second kappa shape index (κ2) is 3.85. The summed E-state index contributed by atoms with van der Waals surface area (Å²) in [5.74, 6) is 0.273. The van der Waals surface area contributed by atoms with Crippen LogP contribution in [0.3, 0.4) is 0 Å². The third kappa shape index (κ3) is 1.64. The van der Waals surface area contributed by atoms with E-state index < -0.39 is 5.54 Å². The Kier molecular flexibility index (Phi) is 2.56. The number of ether oxygens (including phenoxy) is 2. The largest absolute Gasteiger partial charge is 0.486 e. The van der Waals surface area contributed by atoms with Crippen LogP contribution in [-0.2, 0) is 5.54 Å². The van der Waals surface area contributed by atoms with E-state index in [2.05, 4.69) is 15.9 Å². The summed E-state index contributed by atoms with van der Waals surface area (Å²) in [5.41, 5.74) is 6.16. The smallest absolute Gasteiger partial charge is 0.197 e. The fourth-order valence-corrected chi connectivity index (χ4v) is 3.16. The highest BCUT2D eigenvalue weighted by Crippen LogP contribution is 2.48. The Morgan fingerprint density at radius 3 is 2.65 bits per heavy atom. The average molecular weight is 302 g/mol. The second-order valence-electron chi connectivity index (χ2n) is 4.58. The van der Waals surface area contributed by atoms with Gasteiger partial charge in [-0.25, -0.2) is 4.39 Å². The maximum absolute atomic E-state index is 14.4. The molecule has 3 rings (SSSR count). The first-order valence-corrected chi connectivity index (χ1v) is 6.48. The molecule has 1 fully saturated rings. The highest BCUT2D eigenvalue weighted by atomic mass is 79.9. The summed E-state index contributed by atoms with van der Waals surface area (Å²) < 4.78 is 25.8. The maximum atomic E-state index is 14.4. The predicted molar refractivity (Wildman–Crippen MR) is 64.8 cm³/mol. The number of benzene rings is 1. The van der Waals surface area contributed by atoms with Crippen LogP contribution in [0.1, 0.15) is 24.8 Å². The molecule has 3 nitrogen and oxygen atoms in total. The van der Waals surface area contributed by atoms with Crippen molar-refractivity contribution in [2.75, 3.05) is 13.2 Å². The predicted octanol–water partition coefficient (Wildman–Crippen LogP) is 2.70. The normalized spacial score (nSPS) is 20.9. The number of fused-ring (bicyclic) bond motifs is 1. The summed E-state index contributed by atoms with van der Waals surface area (Å²) in [7, 11) is 0. The van der Waals surface area contributed by atoms with E-state index in [1.807, 2.05) is 0 Å². The third-order valence-corrected chi connectivity index (χ3v) is 4.10. The van der Waals surface area contributed by atoms with Gasteiger partial charge in [-0.05, 0) is 25.3 Å². The van der Waals surface area contributed by atoms with E-state index in [9.17, 15) is 4.39 Å². The molecule has 1 aliphatic carbocycles. The number of hydrogen-bond acceptors (Lipinski definition) is 3. The van der Waals surface area contributed by atoms with Crippen molar-refractivity contribution in [3.8, 4) is 11.5 Å². The van der Waals surface area contributed by atoms with Gasteiger partial charge in [0.15, 0.2) is 17.3 Å². The van der Waals surface area contributed by atoms with Gasteiger partial charge < -0.3 is 15.2 Å². The van der Waals surface area contributed by atoms with E-state index in [1.165, 1.54) is 0 Å². The molecule has 1 saturated carbocycles. The van der Waals surface area contributed by atoms with E-state index in [4.69, 9.17) is 15.2 Å². The molecule has 0 saturated heterocycles. The molecular formula is C12H13BrFNO2. The molecule has 0 radical (unpaired) electrons. The molecule has 5 heteroatoms. The quantitative estimate of drug-likeness (QED) is 0.867. The van der Waals surface area contributed by atoms with Crippen molar-refractivity contribution in [1.29, 1.82) is 0 Å². The highest BCUT2D eigenvalue weighted by Gasteiger charge is 2.40. The van der Waals surface area contributed by atoms with Gasteiger partial charge in [0.25, 0.3) is 0 Å². The summed E-state index contributed by atoms with van der Waals surface area (Å²) in [6, 6.07) is 1.75. The summed E-state index contributed by atoms with van der Waals surface area (Å²) in [5, 5.41) is 0. The number of halogens is 2. The molecule has 0 spiro atoms. The Balaban J connectivity index is 2.15. The van der Waals surface area contributed by atoms with Crippen molar-refractivity contribution in [3.05, 3.63) is 21.9 Å². The second-order valence-corrected chi connectivity index (χ2v) is 5.44. The van der Waals surface area contributed by atoms with Crippen molar-refractivity contribution < 1.29 is 13.9 Å². The Hall–Kier alpha value is -0.810. The SMILES string of the molecule is NC1(c2c(Br)cc3c(c2F)OCCO3)CCC1. The van der Waals surface area contributed by atoms with Gasteiger partial charge in [-0.3, -0.25) is 0 Å². The molecule has 2 N–H and O–H groups in total. The first kappa shape index (κ1) is 11.3. The first-order valence-electron chi connectivity index (χ1n) is 5.69. The zero-order valence-corrected chi connectivity index (χ0v) is 10.8. The van der Waals surface area contributed by atoms with Crippen LogP contribution >= 0.6 is 15.9 Å². The fourth-order valence-electron chi connectivity index (χ4n) is 2.38. The van der Waals surface area contributed by atoms with Crippen molar-refractivity contribution in [1.82, 2.24) is 0 Å². The lowest BCUT2D eigenvalue weighted by Crippen LogP contribution is -2.44. The molecule has 0 aromatic heterocycles. The number of nitrogens with two attached hydrogens (primary N) is 1. The number of rotatable bonds is 1. The van der Waals surface area contributed by atoms with Crippen LogP contribution in [0.15, 0.2) is 10.5 Å². The van der Waals surface area contributed by atoms with E-state index in [-0.39, 0.29) is 11.6 Å². The van der Waals surface area contributed by atoms with Crippen molar-refractivity contribution in [2.24, 2.45) is 5.73 Å². The Labute approximate surface area is 107 Å². The third-order valence-electron chi connectivity index (χ3n) is 3.47. The van der Waals surface area contributed by atoms with Crippen LogP contribution in [0, 0.1) is 5.82 Å². The first-order chi connectivity index (χ1) is 8.12. The summed E-state index contributed by atoms with van der Waals surface area (Å²) in [6.07, 6.45) is 2.65. The van der Waals surface area contributed by atoms with Crippen LogP contribution < -0.4 is 15.2 Å². The number of hydrogen-bond donors (Lipinski definition) is 1. The average Bonchev–Trinajstić information content (AvgIpc) is 2.26. The molecule has 0 atom stereocenters. The van der Waals surface area contributed by atoms with Gasteiger partial charge in [0, 0.05) is 15.6 Å². The standard InChI is InChI=1S/C12H13BrFNO2/c13-7-6-8-11(17-5-4-16-8)10(14)9(7)12(15)2-1-3-12/h6H,1-5,15H2. The monoisotopic (exact) mass is 301 g/mol. The van der Waals surface area contributed by atoms with Crippen LogP contribution in [-0.4, -0.2) is 13.2 Å². The minimum atomic E-state index is -0.557. The lowest BCUT2D eigenvalue weighted by Gasteiger charge is -2.40. The van der Waals surface area contributed by atoms with Crippen LogP contribution in [0.25, 0.3) is 0 Å². The zero-order chi connectivity index (χ0) is 12.0. The van der Waals surface area contributed by atoms with E-state index >= 15 is 0 Å². The Morgan fingerprint density at radius 1 is 1.29 bits per heavy atom. The molecule has 0 amide bonds. The molecule has 1 heterocycles. The zero-order valence-electron chi connectivity index (χ0n) is 9.26. The van der Waals surface area contributed by atoms with Gasteiger partial charge in [-0.2, -0.15) is 0 Å². The van der Waals surface area contributed by atoms with Crippen molar-refractivity contribution >= 4 is 15.9 Å². The van der Waals surface area contributed by atoms with Crippen LogP contribution in [0.5, 0.6) is 11.5 Å². The van der Waals surface area contributed by atoms with Crippen molar-refractivity contribution in [2.45, 2.75) is 24.8 Å². The van der Waals surface area contributed by atoms with E-state index in [0.29, 0.717) is 29.0 Å². The summed E-state index contributed by atoms with van der Waals surface area (Å²) >= 11 is 3.38. The van der Waals surface area contributed by atoms with Gasteiger partial charge in [0.1, 0.15) is 13.2 Å². The highest BCUT2D eigenvalue weighted by molar-refractivity contribution is 9.10. The lowest BCUT2D eigenvalue weighted by atomic mass is 9.72.